The summed E-state index contributed by atoms with van der Waals surface area (Å²) in [4.78, 5) is 0. The van der Waals surface area contributed by atoms with E-state index in [1.807, 2.05) is 38.1 Å². The Balaban J connectivity index is 3.13. The van der Waals surface area contributed by atoms with Crippen molar-refractivity contribution in [2.45, 2.75) is 13.8 Å². The van der Waals surface area contributed by atoms with Gasteiger partial charge in [-0.2, -0.15) is 0 Å². The number of terminal acetylenes is 1. The fourth-order valence-electron chi connectivity index (χ4n) is 1.33. The second-order valence-corrected chi connectivity index (χ2v) is 2.97. The van der Waals surface area contributed by atoms with Gasteiger partial charge in [0, 0.05) is 5.56 Å². The number of allylic oxidation sites excluding steroid dienone is 4. The normalized spacial score (nSPS) is 11.6. The minimum absolute atomic E-state index is 0.923. The highest BCUT2D eigenvalue weighted by Gasteiger charge is 1.96. The van der Waals surface area contributed by atoms with Crippen LogP contribution in [0.25, 0.3) is 5.57 Å². The van der Waals surface area contributed by atoms with Crippen LogP contribution in [0.4, 0.5) is 0 Å². The average molecular weight is 182 g/mol. The highest BCUT2D eigenvalue weighted by atomic mass is 14.0. The predicted molar refractivity (Wildman–Crippen MR) is 62.8 cm³/mol. The summed E-state index contributed by atoms with van der Waals surface area (Å²) in [6, 6.07) is 8.01. The van der Waals surface area contributed by atoms with Crippen molar-refractivity contribution in [3.63, 3.8) is 0 Å². The first-order valence-corrected chi connectivity index (χ1v) is 4.68. The fourth-order valence-corrected chi connectivity index (χ4v) is 1.33. The molecule has 0 radical (unpaired) electrons. The van der Waals surface area contributed by atoms with E-state index >= 15 is 0 Å². The molecule has 0 unspecified atom stereocenters. The molecular weight excluding hydrogens is 168 g/mol. The fraction of sp³-hybridized carbons (Fsp3) is 0.143. The van der Waals surface area contributed by atoms with E-state index in [4.69, 9.17) is 6.42 Å². The van der Waals surface area contributed by atoms with E-state index in [9.17, 15) is 0 Å². The van der Waals surface area contributed by atoms with E-state index in [0.29, 0.717) is 0 Å². The van der Waals surface area contributed by atoms with Crippen molar-refractivity contribution >= 4 is 5.57 Å². The second-order valence-electron chi connectivity index (χ2n) is 2.97. The van der Waals surface area contributed by atoms with E-state index in [0.717, 1.165) is 5.56 Å². The molecule has 0 saturated carbocycles. The molecule has 14 heavy (non-hydrogen) atoms. The van der Waals surface area contributed by atoms with Gasteiger partial charge in [0.25, 0.3) is 0 Å². The Kier molecular flexibility index (Phi) is 3.76. The Hall–Kier alpha value is -1.74. The van der Waals surface area contributed by atoms with Crippen molar-refractivity contribution in [1.82, 2.24) is 0 Å². The van der Waals surface area contributed by atoms with Gasteiger partial charge in [-0.25, -0.2) is 0 Å². The van der Waals surface area contributed by atoms with Crippen LogP contribution in [0.15, 0.2) is 42.5 Å². The lowest BCUT2D eigenvalue weighted by Gasteiger charge is -2.02. The molecule has 1 aromatic carbocycles. The lowest BCUT2D eigenvalue weighted by Crippen LogP contribution is -1.82. The summed E-state index contributed by atoms with van der Waals surface area (Å²) in [6.07, 6.45) is 11.5. The molecule has 0 aliphatic carbocycles. The van der Waals surface area contributed by atoms with Gasteiger partial charge in [0.05, 0.1) is 0 Å². The molecule has 0 N–H and O–H groups in total. The molecule has 0 heterocycles. The third-order valence-electron chi connectivity index (χ3n) is 2.02. The van der Waals surface area contributed by atoms with Crippen molar-refractivity contribution in [2.24, 2.45) is 0 Å². The van der Waals surface area contributed by atoms with Gasteiger partial charge < -0.3 is 0 Å². The van der Waals surface area contributed by atoms with Crippen LogP contribution in [-0.4, -0.2) is 0 Å². The van der Waals surface area contributed by atoms with Gasteiger partial charge in [-0.05, 0) is 37.1 Å². The maximum atomic E-state index is 5.35. The van der Waals surface area contributed by atoms with Crippen LogP contribution in [0.5, 0.6) is 0 Å². The monoisotopic (exact) mass is 182 g/mol. The zero-order valence-electron chi connectivity index (χ0n) is 8.62. The summed E-state index contributed by atoms with van der Waals surface area (Å²) in [5, 5.41) is 0. The molecule has 0 heteroatoms. The first-order valence-electron chi connectivity index (χ1n) is 4.68. The zero-order valence-corrected chi connectivity index (χ0v) is 8.62. The molecular formula is C14H14. The quantitative estimate of drug-likeness (QED) is 0.484. The van der Waals surface area contributed by atoms with Gasteiger partial charge in [0.15, 0.2) is 0 Å². The molecule has 0 aliphatic rings. The smallest absolute Gasteiger partial charge is 0.0248 e. The Labute approximate surface area is 86.0 Å². The van der Waals surface area contributed by atoms with Crippen molar-refractivity contribution in [3.8, 4) is 12.3 Å². The van der Waals surface area contributed by atoms with E-state index in [2.05, 4.69) is 24.1 Å². The summed E-state index contributed by atoms with van der Waals surface area (Å²) in [5.74, 6) is 2.64. The van der Waals surface area contributed by atoms with Crippen LogP contribution >= 0.6 is 0 Å². The Morgan fingerprint density at radius 2 is 2.14 bits per heavy atom. The van der Waals surface area contributed by atoms with E-state index < -0.39 is 0 Å². The third-order valence-corrected chi connectivity index (χ3v) is 2.02. The molecule has 0 amide bonds. The average Bonchev–Trinajstić information content (AvgIpc) is 2.26. The van der Waals surface area contributed by atoms with E-state index in [-0.39, 0.29) is 0 Å². The van der Waals surface area contributed by atoms with Crippen LogP contribution in [-0.2, 0) is 0 Å². The molecule has 0 aromatic heterocycles. The molecule has 1 rings (SSSR count). The minimum Gasteiger partial charge on any atom is -0.115 e. The van der Waals surface area contributed by atoms with Crippen LogP contribution < -0.4 is 0 Å². The molecule has 1 aromatic rings. The zero-order chi connectivity index (χ0) is 10.4. The molecule has 0 atom stereocenters. The molecule has 0 aliphatic heterocycles. The Bertz CT molecular complexity index is 400. The lowest BCUT2D eigenvalue weighted by atomic mass is 10.0. The number of hydrogen-bond acceptors (Lipinski definition) is 0. The highest BCUT2D eigenvalue weighted by molar-refractivity contribution is 5.74. The molecule has 0 fully saturated rings. The van der Waals surface area contributed by atoms with Crippen LogP contribution in [0.3, 0.4) is 0 Å². The summed E-state index contributed by atoms with van der Waals surface area (Å²) in [6.45, 7) is 4.03. The van der Waals surface area contributed by atoms with E-state index in [1.165, 1.54) is 11.1 Å². The SMILES string of the molecule is C#Cc1cccc(C(/C=C\C)=C/C)c1. The van der Waals surface area contributed by atoms with Gasteiger partial charge >= 0.3 is 0 Å². The van der Waals surface area contributed by atoms with Crippen molar-refractivity contribution in [3.05, 3.63) is 53.6 Å². The maximum absolute atomic E-state index is 5.35. The summed E-state index contributed by atoms with van der Waals surface area (Å²) in [5.41, 5.74) is 3.29. The van der Waals surface area contributed by atoms with Crippen molar-refractivity contribution in [2.75, 3.05) is 0 Å². The second kappa shape index (κ2) is 5.09. The summed E-state index contributed by atoms with van der Waals surface area (Å²) in [7, 11) is 0. The Morgan fingerprint density at radius 1 is 1.36 bits per heavy atom. The molecule has 0 saturated heterocycles. The molecule has 0 nitrogen and oxygen atoms in total. The number of hydrogen-bond donors (Lipinski definition) is 0. The van der Waals surface area contributed by atoms with E-state index in [1.54, 1.807) is 0 Å². The van der Waals surface area contributed by atoms with Gasteiger partial charge in [-0.15, -0.1) is 6.42 Å². The molecule has 0 bridgehead atoms. The van der Waals surface area contributed by atoms with Gasteiger partial charge in [-0.3, -0.25) is 0 Å². The van der Waals surface area contributed by atoms with Crippen LogP contribution in [0, 0.1) is 12.3 Å². The third kappa shape index (κ3) is 2.37. The summed E-state index contributed by atoms with van der Waals surface area (Å²) >= 11 is 0. The Morgan fingerprint density at radius 3 is 2.71 bits per heavy atom. The standard InChI is InChI=1S/C14H14/c1-4-8-13(6-3)14-10-7-9-12(5-2)11-14/h2,4,6-11H,1,3H3/b8-4-,13-6+. The van der Waals surface area contributed by atoms with Gasteiger partial charge in [-0.1, -0.05) is 36.3 Å². The topological polar surface area (TPSA) is 0 Å². The molecule has 0 spiro atoms. The summed E-state index contributed by atoms with van der Waals surface area (Å²) < 4.78 is 0. The number of rotatable bonds is 2. The first kappa shape index (κ1) is 10.3. The minimum atomic E-state index is 0.923. The van der Waals surface area contributed by atoms with Crippen molar-refractivity contribution in [1.29, 1.82) is 0 Å². The predicted octanol–water partition coefficient (Wildman–Crippen LogP) is 3.65. The molecule has 70 valence electrons. The first-order chi connectivity index (χ1) is 6.81. The highest BCUT2D eigenvalue weighted by Crippen LogP contribution is 2.16. The van der Waals surface area contributed by atoms with Crippen LogP contribution in [0.1, 0.15) is 25.0 Å². The largest absolute Gasteiger partial charge is 0.115 e. The van der Waals surface area contributed by atoms with Crippen LogP contribution in [0.2, 0.25) is 0 Å². The van der Waals surface area contributed by atoms with Crippen molar-refractivity contribution < 1.29 is 0 Å². The van der Waals surface area contributed by atoms with Gasteiger partial charge in [0.1, 0.15) is 0 Å². The lowest BCUT2D eigenvalue weighted by molar-refractivity contribution is 1.56. The van der Waals surface area contributed by atoms with Gasteiger partial charge in [0.2, 0.25) is 0 Å². The number of benzene rings is 1. The maximum Gasteiger partial charge on any atom is 0.0248 e.